The van der Waals surface area contributed by atoms with Gasteiger partial charge >= 0.3 is 27.3 Å². The molecule has 1 saturated carbocycles. The molecule has 2 aromatic carbocycles. The summed E-state index contributed by atoms with van der Waals surface area (Å²) >= 11 is 0. The molecular weight excluding hydrogens is 649 g/mol. The van der Waals surface area contributed by atoms with Gasteiger partial charge in [-0.25, -0.2) is 14.0 Å². The Kier molecular flexibility index (Phi) is 9.71. The van der Waals surface area contributed by atoms with Crippen molar-refractivity contribution in [2.45, 2.75) is 43.9 Å². The van der Waals surface area contributed by atoms with Crippen molar-refractivity contribution in [2.24, 2.45) is 0 Å². The first kappa shape index (κ1) is 33.7. The van der Waals surface area contributed by atoms with E-state index in [4.69, 9.17) is 9.47 Å². The van der Waals surface area contributed by atoms with E-state index in [0.29, 0.717) is 37.4 Å². The minimum atomic E-state index is -5.11. The summed E-state index contributed by atoms with van der Waals surface area (Å²) in [7, 11) is -10.2. The van der Waals surface area contributed by atoms with Crippen LogP contribution >= 0.6 is 15.2 Å². The number of anilines is 2. The van der Waals surface area contributed by atoms with Gasteiger partial charge in [-0.2, -0.15) is 0 Å². The van der Waals surface area contributed by atoms with Gasteiger partial charge in [0.1, 0.15) is 11.4 Å². The van der Waals surface area contributed by atoms with Crippen LogP contribution in [0.5, 0.6) is 0 Å². The lowest BCUT2D eigenvalue weighted by atomic mass is 10.1. The first-order valence-corrected chi connectivity index (χ1v) is 17.7. The minimum Gasteiger partial charge on any atom is -0.422 e. The molecule has 6 N–H and O–H groups in total. The van der Waals surface area contributed by atoms with Gasteiger partial charge in [0.15, 0.2) is 5.40 Å². The number of carbonyl (C=O) groups excluding carboxylic acids is 2. The lowest BCUT2D eigenvalue weighted by Crippen LogP contribution is -2.43. The number of esters is 1. The van der Waals surface area contributed by atoms with Gasteiger partial charge < -0.3 is 43.8 Å². The Morgan fingerprint density at radius 2 is 1.67 bits per heavy atom. The molecule has 248 valence electrons. The highest BCUT2D eigenvalue weighted by Crippen LogP contribution is 2.60. The zero-order chi connectivity index (χ0) is 33.4. The smallest absolute Gasteiger partial charge is 0.414 e. The fourth-order valence-electron chi connectivity index (χ4n) is 5.21. The first-order valence-electron chi connectivity index (χ1n) is 14.3. The molecule has 2 fully saturated rings. The maximum Gasteiger partial charge on any atom is 0.414 e. The van der Waals surface area contributed by atoms with Crippen LogP contribution in [0.4, 0.5) is 20.6 Å². The van der Waals surface area contributed by atoms with Crippen LogP contribution < -0.4 is 21.0 Å². The molecule has 0 radical (unpaired) electrons. The molecule has 1 aromatic heterocycles. The number of nitrogens with one attached hydrogen (secondary N) is 2. The Bertz CT molecular complexity index is 1780. The molecule has 1 unspecified atom stereocenters. The van der Waals surface area contributed by atoms with Gasteiger partial charge in [-0.15, -0.1) is 0 Å². The zero-order valence-electron chi connectivity index (χ0n) is 24.5. The average molecular weight is 683 g/mol. The van der Waals surface area contributed by atoms with E-state index in [9.17, 15) is 43.1 Å². The van der Waals surface area contributed by atoms with Gasteiger partial charge in [0.2, 0.25) is 11.7 Å². The summed E-state index contributed by atoms with van der Waals surface area (Å²) in [5.41, 5.74) is 0.161. The SMILES string of the molecule is CC(OC(=O)Nc1ccc(CC(P(=O)(O)O)P(=O)(O)O)cc1)OC(=O)c1cn(C2CC2)c2cc(N3CCNCC3)c(F)cc2c1=O. The number of piperazine rings is 1. The Labute approximate surface area is 261 Å². The maximum absolute atomic E-state index is 15.2. The number of nitrogens with zero attached hydrogens (tertiary/aromatic N) is 2. The molecule has 1 aliphatic heterocycles. The molecular formula is C28H33FN4O11P2. The van der Waals surface area contributed by atoms with Gasteiger partial charge in [0.05, 0.1) is 11.2 Å². The third kappa shape index (κ3) is 7.84. The van der Waals surface area contributed by atoms with Crippen molar-refractivity contribution in [2.75, 3.05) is 36.4 Å². The first-order chi connectivity index (χ1) is 21.6. The van der Waals surface area contributed by atoms with E-state index < -0.39 is 56.6 Å². The highest BCUT2D eigenvalue weighted by atomic mass is 31.2. The predicted molar refractivity (Wildman–Crippen MR) is 165 cm³/mol. The maximum atomic E-state index is 15.2. The Morgan fingerprint density at radius 3 is 2.26 bits per heavy atom. The van der Waals surface area contributed by atoms with Gasteiger partial charge in [0.25, 0.3) is 0 Å². The number of pyridine rings is 1. The number of carbonyl (C=O) groups is 2. The number of rotatable bonds is 10. The van der Waals surface area contributed by atoms with E-state index >= 15 is 4.39 Å². The molecule has 1 saturated heterocycles. The lowest BCUT2D eigenvalue weighted by Gasteiger charge is -2.30. The van der Waals surface area contributed by atoms with E-state index in [-0.39, 0.29) is 28.2 Å². The van der Waals surface area contributed by atoms with Crippen LogP contribution in [0, 0.1) is 5.82 Å². The molecule has 15 nitrogen and oxygen atoms in total. The van der Waals surface area contributed by atoms with E-state index in [1.165, 1.54) is 37.4 Å². The van der Waals surface area contributed by atoms with Crippen LogP contribution in [-0.4, -0.2) is 74.1 Å². The third-order valence-electron chi connectivity index (χ3n) is 7.66. The van der Waals surface area contributed by atoms with Crippen LogP contribution in [0.1, 0.15) is 41.7 Å². The number of benzene rings is 2. The summed E-state index contributed by atoms with van der Waals surface area (Å²) < 4.78 is 50.3. The van der Waals surface area contributed by atoms with Crippen LogP contribution in [0.15, 0.2) is 47.4 Å². The van der Waals surface area contributed by atoms with Crippen LogP contribution in [0.2, 0.25) is 0 Å². The largest absolute Gasteiger partial charge is 0.422 e. The third-order valence-corrected chi connectivity index (χ3v) is 11.4. The number of amides is 1. The van der Waals surface area contributed by atoms with Crippen LogP contribution in [-0.2, 0) is 25.0 Å². The summed E-state index contributed by atoms with van der Waals surface area (Å²) in [6, 6.07) is 8.04. The van der Waals surface area contributed by atoms with Crippen molar-refractivity contribution in [1.29, 1.82) is 0 Å². The van der Waals surface area contributed by atoms with Crippen molar-refractivity contribution in [3.05, 3.63) is 69.8 Å². The second-order valence-corrected chi connectivity index (χ2v) is 15.1. The number of aromatic nitrogens is 1. The topological polar surface area (TPSA) is 217 Å². The second kappa shape index (κ2) is 13.2. The highest BCUT2D eigenvalue weighted by Gasteiger charge is 2.43. The lowest BCUT2D eigenvalue weighted by molar-refractivity contribution is -0.0564. The van der Waals surface area contributed by atoms with Crippen LogP contribution in [0.3, 0.4) is 0 Å². The Balaban J connectivity index is 1.25. The van der Waals surface area contributed by atoms with Gasteiger partial charge in [-0.1, -0.05) is 12.1 Å². The molecule has 0 bridgehead atoms. The Hall–Kier alpha value is -3.62. The molecule has 0 spiro atoms. The minimum absolute atomic E-state index is 0.0282. The monoisotopic (exact) mass is 682 g/mol. The van der Waals surface area contributed by atoms with E-state index in [0.717, 1.165) is 18.9 Å². The number of ether oxygens (including phenoxy) is 2. The van der Waals surface area contributed by atoms with Crippen LogP contribution in [0.25, 0.3) is 10.9 Å². The van der Waals surface area contributed by atoms with Gasteiger partial charge in [-0.05, 0) is 49.1 Å². The number of hydrogen-bond donors (Lipinski definition) is 6. The molecule has 5 rings (SSSR count). The van der Waals surface area contributed by atoms with Gasteiger partial charge in [-0.3, -0.25) is 19.2 Å². The molecule has 1 atom stereocenters. The van der Waals surface area contributed by atoms with Crippen molar-refractivity contribution in [3.8, 4) is 0 Å². The van der Waals surface area contributed by atoms with Crippen molar-refractivity contribution < 1.29 is 52.2 Å². The van der Waals surface area contributed by atoms with E-state index in [1.54, 1.807) is 10.6 Å². The number of fused-ring (bicyclic) bond motifs is 1. The average Bonchev–Trinajstić information content (AvgIpc) is 3.81. The van der Waals surface area contributed by atoms with Crippen molar-refractivity contribution >= 4 is 49.5 Å². The molecule has 2 aliphatic rings. The molecule has 1 aliphatic carbocycles. The quantitative estimate of drug-likeness (QED) is 0.103. The second-order valence-electron chi connectivity index (χ2n) is 11.1. The van der Waals surface area contributed by atoms with Gasteiger partial charge in [0, 0.05) is 56.4 Å². The summed E-state index contributed by atoms with van der Waals surface area (Å²) in [6.45, 7) is 3.87. The zero-order valence-corrected chi connectivity index (χ0v) is 26.3. The summed E-state index contributed by atoms with van der Waals surface area (Å²) in [5.74, 6) is -1.65. The van der Waals surface area contributed by atoms with Crippen molar-refractivity contribution in [3.63, 3.8) is 0 Å². The fraction of sp³-hybridized carbons (Fsp3) is 0.393. The molecule has 1 amide bonds. The predicted octanol–water partition coefficient (Wildman–Crippen LogP) is 2.86. The molecule has 2 heterocycles. The molecule has 18 heteroatoms. The normalized spacial score (nSPS) is 16.4. The Morgan fingerprint density at radius 1 is 1.04 bits per heavy atom. The fourth-order valence-corrected chi connectivity index (χ4v) is 7.68. The van der Waals surface area contributed by atoms with E-state index in [1.807, 2.05) is 4.90 Å². The summed E-state index contributed by atoms with van der Waals surface area (Å²) in [6.07, 6.45) is -0.0823. The summed E-state index contributed by atoms with van der Waals surface area (Å²) in [5, 5.41) is 3.38. The van der Waals surface area contributed by atoms with E-state index in [2.05, 4.69) is 10.6 Å². The highest BCUT2D eigenvalue weighted by molar-refractivity contribution is 7.70. The number of halogens is 1. The summed E-state index contributed by atoms with van der Waals surface area (Å²) in [4.78, 5) is 77.9. The standard InChI is InChI=1S/C28H33FN4O11P2/c1-16(44-28(36)31-18-4-2-17(3-5-18)12-25(45(37,38)39)46(40,41)42)43-27(35)21-15-33(19-6-7-19)23-14-24(32-10-8-30-9-11-32)22(29)13-20(23)26(21)34/h2-5,13-16,19,25,30H,6-12H2,1H3,(H,31,36)(H2,37,38,39)(H2,40,41,42). The molecule has 46 heavy (non-hydrogen) atoms. The molecule has 3 aromatic rings. The van der Waals surface area contributed by atoms with Crippen molar-refractivity contribution in [1.82, 2.24) is 9.88 Å². The number of hydrogen-bond acceptors (Lipinski definition) is 9.